The Labute approximate surface area is 210 Å². The molecule has 0 radical (unpaired) electrons. The summed E-state index contributed by atoms with van der Waals surface area (Å²) in [6.07, 6.45) is -2.36. The quantitative estimate of drug-likeness (QED) is 0.226. The number of hydrogen-bond donors (Lipinski definition) is 4. The van der Waals surface area contributed by atoms with Gasteiger partial charge in [-0.15, -0.1) is 18.3 Å². The first-order valence-electron chi connectivity index (χ1n) is 11.5. The second-order valence-electron chi connectivity index (χ2n) is 7.99. The van der Waals surface area contributed by atoms with Crippen LogP contribution in [-0.2, 0) is 0 Å². The molecule has 12 heteroatoms. The molecule has 37 heavy (non-hydrogen) atoms. The molecule has 0 fully saturated rings. The first-order chi connectivity index (χ1) is 17.8. The number of hydrogen-bond acceptors (Lipinski definition) is 7. The Morgan fingerprint density at radius 2 is 1.84 bits per heavy atom. The topological polar surface area (TPSA) is 113 Å². The maximum Gasteiger partial charge on any atom is 0.573 e. The van der Waals surface area contributed by atoms with Gasteiger partial charge in [0.25, 0.3) is 5.91 Å². The largest absolute Gasteiger partial charge is 0.573 e. The number of fused-ring (bicyclic) bond motifs is 1. The number of carbonyl (C=O) groups is 1. The van der Waals surface area contributed by atoms with Crippen LogP contribution in [-0.4, -0.2) is 58.2 Å². The van der Waals surface area contributed by atoms with Gasteiger partial charge in [0.1, 0.15) is 5.75 Å². The minimum atomic E-state index is -4.79. The minimum absolute atomic E-state index is 0.0764. The van der Waals surface area contributed by atoms with E-state index >= 15 is 0 Å². The van der Waals surface area contributed by atoms with Crippen LogP contribution in [0.2, 0.25) is 0 Å². The molecule has 0 aliphatic heterocycles. The number of carbonyl (C=O) groups excluding carboxylic acids is 1. The number of nitrogens with zero attached hydrogens (tertiary/aromatic N) is 3. The fourth-order valence-corrected chi connectivity index (χ4v) is 3.60. The van der Waals surface area contributed by atoms with Crippen LogP contribution in [0.3, 0.4) is 0 Å². The Bertz CT molecular complexity index is 1340. The Kier molecular flexibility index (Phi) is 8.21. The third-order valence-electron chi connectivity index (χ3n) is 5.25. The van der Waals surface area contributed by atoms with Crippen molar-refractivity contribution in [2.45, 2.75) is 12.8 Å². The van der Waals surface area contributed by atoms with Gasteiger partial charge >= 0.3 is 6.36 Å². The first-order valence-corrected chi connectivity index (χ1v) is 11.5. The lowest BCUT2D eigenvalue weighted by molar-refractivity contribution is -0.274. The molecule has 0 unspecified atom stereocenters. The molecule has 0 aliphatic carbocycles. The van der Waals surface area contributed by atoms with Gasteiger partial charge in [-0.05, 0) is 67.1 Å². The molecule has 0 spiro atoms. The smallest absolute Gasteiger partial charge is 0.406 e. The van der Waals surface area contributed by atoms with Crippen molar-refractivity contribution in [2.24, 2.45) is 0 Å². The van der Waals surface area contributed by atoms with Crippen LogP contribution in [0.4, 0.5) is 24.8 Å². The Morgan fingerprint density at radius 3 is 2.59 bits per heavy atom. The highest BCUT2D eigenvalue weighted by Gasteiger charge is 2.31. The average Bonchev–Trinajstić information content (AvgIpc) is 3.28. The second kappa shape index (κ2) is 11.7. The van der Waals surface area contributed by atoms with Gasteiger partial charge in [-0.1, -0.05) is 12.1 Å². The number of aliphatic hydroxyl groups excluding tert-OH is 1. The maximum absolute atomic E-state index is 12.6. The van der Waals surface area contributed by atoms with Crippen molar-refractivity contribution in [1.29, 1.82) is 0 Å². The van der Waals surface area contributed by atoms with Crippen LogP contribution < -0.4 is 20.7 Å². The van der Waals surface area contributed by atoms with E-state index in [1.807, 2.05) is 0 Å². The lowest BCUT2D eigenvalue weighted by Gasteiger charge is -2.10. The number of amides is 1. The number of pyridine rings is 1. The number of benzene rings is 2. The van der Waals surface area contributed by atoms with Crippen molar-refractivity contribution >= 4 is 23.2 Å². The molecule has 2 aromatic heterocycles. The van der Waals surface area contributed by atoms with Crippen molar-refractivity contribution in [3.05, 3.63) is 72.4 Å². The van der Waals surface area contributed by atoms with Gasteiger partial charge in [0, 0.05) is 36.1 Å². The maximum atomic E-state index is 12.6. The van der Waals surface area contributed by atoms with E-state index in [0.29, 0.717) is 47.7 Å². The molecule has 9 nitrogen and oxygen atoms in total. The summed E-state index contributed by atoms with van der Waals surface area (Å²) in [5, 5.41) is 22.1. The summed E-state index contributed by atoms with van der Waals surface area (Å²) in [4.78, 5) is 16.8. The van der Waals surface area contributed by atoms with Crippen LogP contribution in [0.5, 0.6) is 5.75 Å². The molecule has 1 amide bonds. The fraction of sp³-hybridized carbons (Fsp3) is 0.240. The molecule has 0 saturated carbocycles. The molecular weight excluding hydrogens is 489 g/mol. The van der Waals surface area contributed by atoms with Gasteiger partial charge in [0.15, 0.2) is 5.65 Å². The number of ether oxygens (including phenoxy) is 1. The zero-order valence-corrected chi connectivity index (χ0v) is 19.6. The molecule has 0 atom stereocenters. The van der Waals surface area contributed by atoms with Crippen molar-refractivity contribution < 1.29 is 27.8 Å². The normalized spacial score (nSPS) is 11.5. The summed E-state index contributed by atoms with van der Waals surface area (Å²) in [6.45, 7) is 1.81. The summed E-state index contributed by atoms with van der Waals surface area (Å²) >= 11 is 0. The van der Waals surface area contributed by atoms with Crippen LogP contribution >= 0.6 is 0 Å². The van der Waals surface area contributed by atoms with Crippen LogP contribution in [0.25, 0.3) is 16.8 Å². The highest BCUT2D eigenvalue weighted by atomic mass is 19.4. The molecule has 4 aromatic rings. The van der Waals surface area contributed by atoms with E-state index in [-0.39, 0.29) is 24.2 Å². The third-order valence-corrected chi connectivity index (χ3v) is 5.25. The SMILES string of the molecule is O=C(NCCCNCCO)c1ccc(Nc2nc3c(-c4cccc(OC(F)(F)F)c4)cccn3n2)cc1. The molecule has 2 heterocycles. The molecule has 0 aliphatic rings. The molecule has 2 aromatic carbocycles. The highest BCUT2D eigenvalue weighted by molar-refractivity contribution is 5.94. The van der Waals surface area contributed by atoms with E-state index in [1.165, 1.54) is 22.7 Å². The van der Waals surface area contributed by atoms with Crippen LogP contribution in [0, 0.1) is 0 Å². The Hall–Kier alpha value is -4.16. The minimum Gasteiger partial charge on any atom is -0.406 e. The Morgan fingerprint density at radius 1 is 1.03 bits per heavy atom. The summed E-state index contributed by atoms with van der Waals surface area (Å²) in [6, 6.07) is 15.9. The second-order valence-corrected chi connectivity index (χ2v) is 7.99. The predicted molar refractivity (Wildman–Crippen MR) is 132 cm³/mol. The lowest BCUT2D eigenvalue weighted by atomic mass is 10.1. The van der Waals surface area contributed by atoms with Crippen molar-refractivity contribution in [2.75, 3.05) is 31.6 Å². The van der Waals surface area contributed by atoms with E-state index in [9.17, 15) is 18.0 Å². The zero-order chi connectivity index (χ0) is 26.3. The molecule has 4 N–H and O–H groups in total. The molecular formula is C25H25F3N6O3. The number of alkyl halides is 3. The predicted octanol–water partition coefficient (Wildman–Crippen LogP) is 3.74. The number of rotatable bonds is 11. The lowest BCUT2D eigenvalue weighted by Crippen LogP contribution is -2.28. The highest BCUT2D eigenvalue weighted by Crippen LogP contribution is 2.30. The zero-order valence-electron chi connectivity index (χ0n) is 19.6. The molecule has 4 rings (SSSR count). The van der Waals surface area contributed by atoms with Gasteiger partial charge < -0.3 is 25.8 Å². The Balaban J connectivity index is 1.43. The summed E-state index contributed by atoms with van der Waals surface area (Å²) < 4.78 is 43.4. The molecule has 194 valence electrons. The van der Waals surface area contributed by atoms with Crippen molar-refractivity contribution in [3.8, 4) is 16.9 Å². The first kappa shape index (κ1) is 25.9. The van der Waals surface area contributed by atoms with Gasteiger partial charge in [-0.25, -0.2) is 4.52 Å². The van der Waals surface area contributed by atoms with Crippen molar-refractivity contribution in [3.63, 3.8) is 0 Å². The number of aliphatic hydroxyl groups is 1. The molecule has 0 saturated heterocycles. The van der Waals surface area contributed by atoms with Crippen LogP contribution in [0.1, 0.15) is 16.8 Å². The number of anilines is 2. The summed E-state index contributed by atoms with van der Waals surface area (Å²) in [5.74, 6) is -0.240. The summed E-state index contributed by atoms with van der Waals surface area (Å²) in [7, 11) is 0. The number of halogens is 3. The van der Waals surface area contributed by atoms with Gasteiger partial charge in [-0.2, -0.15) is 4.98 Å². The number of aromatic nitrogens is 3. The van der Waals surface area contributed by atoms with Crippen molar-refractivity contribution in [1.82, 2.24) is 25.2 Å². The van der Waals surface area contributed by atoms with Gasteiger partial charge in [0.2, 0.25) is 5.95 Å². The molecule has 0 bridgehead atoms. The standard InChI is InChI=1S/C25H25F3N6O3/c26-25(27,28)37-20-5-1-4-18(16-20)21-6-2-14-34-22(21)32-24(33-34)31-19-9-7-17(8-10-19)23(36)30-12-3-11-29-13-15-35/h1-2,4-10,14,16,29,35H,3,11-13,15H2,(H,30,36)(H,31,33). The van der Waals surface area contributed by atoms with E-state index in [4.69, 9.17) is 5.11 Å². The van der Waals surface area contributed by atoms with Gasteiger partial charge in [0.05, 0.1) is 6.61 Å². The van der Waals surface area contributed by atoms with E-state index < -0.39 is 6.36 Å². The monoisotopic (exact) mass is 514 g/mol. The fourth-order valence-electron chi connectivity index (χ4n) is 3.60. The third kappa shape index (κ3) is 7.18. The van der Waals surface area contributed by atoms with Crippen LogP contribution in [0.15, 0.2) is 66.9 Å². The number of nitrogens with one attached hydrogen (secondary N) is 3. The van der Waals surface area contributed by atoms with E-state index in [1.54, 1.807) is 48.7 Å². The van der Waals surface area contributed by atoms with E-state index in [0.717, 1.165) is 6.42 Å². The summed E-state index contributed by atoms with van der Waals surface area (Å²) in [5.41, 5.74) is 2.67. The van der Waals surface area contributed by atoms with E-state index in [2.05, 4.69) is 30.8 Å². The van der Waals surface area contributed by atoms with Gasteiger partial charge in [-0.3, -0.25) is 4.79 Å². The average molecular weight is 515 g/mol.